The molecule has 0 fully saturated rings. The van der Waals surface area contributed by atoms with Crippen LogP contribution in [0, 0.1) is 23.7 Å². The van der Waals surface area contributed by atoms with Gasteiger partial charge in [-0.25, -0.2) is 0 Å². The zero-order valence-electron chi connectivity index (χ0n) is 10.6. The Balaban J connectivity index is 2.38. The molecule has 2 heterocycles. The van der Waals surface area contributed by atoms with Crippen LogP contribution in [-0.2, 0) is 0 Å². The van der Waals surface area contributed by atoms with Crippen molar-refractivity contribution in [3.05, 3.63) is 56.9 Å². The third-order valence-electron chi connectivity index (χ3n) is 3.10. The van der Waals surface area contributed by atoms with Crippen molar-refractivity contribution in [3.63, 3.8) is 0 Å². The van der Waals surface area contributed by atoms with Crippen LogP contribution in [0.25, 0.3) is 16.0 Å². The van der Waals surface area contributed by atoms with Crippen molar-refractivity contribution in [2.75, 3.05) is 0 Å². The molecule has 1 N–H and O–H groups in total. The Hall–Kier alpha value is -1.90. The molecular formula is C15H10BrN3S. The van der Waals surface area contributed by atoms with E-state index in [4.69, 9.17) is 5.41 Å². The summed E-state index contributed by atoms with van der Waals surface area (Å²) in [6, 6.07) is 11.9. The number of hydrogen-bond donors (Lipinski definition) is 1. The van der Waals surface area contributed by atoms with E-state index in [1.54, 1.807) is 15.7 Å². The number of pyridine rings is 1. The van der Waals surface area contributed by atoms with E-state index in [0.717, 1.165) is 25.3 Å². The molecule has 0 spiro atoms. The molecule has 0 aliphatic carbocycles. The number of hydrogen-bond acceptors (Lipinski definition) is 3. The van der Waals surface area contributed by atoms with Crippen LogP contribution in [-0.4, -0.2) is 4.40 Å². The van der Waals surface area contributed by atoms with Gasteiger partial charge in [0.05, 0.1) is 0 Å². The van der Waals surface area contributed by atoms with Crippen LogP contribution in [0.1, 0.15) is 10.4 Å². The number of rotatable bonds is 1. The molecule has 0 bridgehead atoms. The third kappa shape index (κ3) is 2.07. The molecule has 0 amide bonds. The van der Waals surface area contributed by atoms with Gasteiger partial charge in [0.15, 0.2) is 0 Å². The number of nitrogens with zero attached hydrogens (tertiary/aromatic N) is 2. The Morgan fingerprint density at radius 2 is 2.00 bits per heavy atom. The SMILES string of the molecule is Cc1cn2c(=N)c(C#N)c(-c3ccc(Br)cc3)cc2s1. The Labute approximate surface area is 128 Å². The molecule has 0 unspecified atom stereocenters. The van der Waals surface area contributed by atoms with Crippen molar-refractivity contribution in [3.8, 4) is 17.2 Å². The van der Waals surface area contributed by atoms with Gasteiger partial charge in [-0.05, 0) is 30.7 Å². The third-order valence-corrected chi connectivity index (χ3v) is 4.58. The summed E-state index contributed by atoms with van der Waals surface area (Å²) in [6.07, 6.45) is 1.90. The van der Waals surface area contributed by atoms with E-state index >= 15 is 0 Å². The largest absolute Gasteiger partial charge is 0.291 e. The molecular weight excluding hydrogens is 334 g/mol. The number of nitriles is 1. The predicted octanol–water partition coefficient (Wildman–Crippen LogP) is 4.09. The molecule has 1 aromatic carbocycles. The molecule has 0 radical (unpaired) electrons. The minimum absolute atomic E-state index is 0.243. The second-order valence-corrected chi connectivity index (χ2v) is 6.63. The topological polar surface area (TPSA) is 52.0 Å². The van der Waals surface area contributed by atoms with Crippen LogP contribution in [0.5, 0.6) is 0 Å². The minimum atomic E-state index is 0.243. The first kappa shape index (κ1) is 13.1. The van der Waals surface area contributed by atoms with E-state index in [9.17, 15) is 5.26 Å². The molecule has 0 atom stereocenters. The van der Waals surface area contributed by atoms with Gasteiger partial charge in [0.25, 0.3) is 0 Å². The van der Waals surface area contributed by atoms with Crippen molar-refractivity contribution in [1.82, 2.24) is 4.40 Å². The fourth-order valence-electron chi connectivity index (χ4n) is 2.17. The lowest BCUT2D eigenvalue weighted by Gasteiger charge is -2.06. The van der Waals surface area contributed by atoms with Crippen LogP contribution >= 0.6 is 27.3 Å². The Kier molecular flexibility index (Phi) is 3.20. The molecule has 3 aromatic rings. The van der Waals surface area contributed by atoms with Crippen molar-refractivity contribution >= 4 is 32.1 Å². The van der Waals surface area contributed by atoms with Gasteiger partial charge in [-0.3, -0.25) is 9.81 Å². The molecule has 98 valence electrons. The Morgan fingerprint density at radius 1 is 1.30 bits per heavy atom. The summed E-state index contributed by atoms with van der Waals surface area (Å²) >= 11 is 5.03. The monoisotopic (exact) mass is 343 g/mol. The van der Waals surface area contributed by atoms with Crippen LogP contribution in [0.4, 0.5) is 0 Å². The number of aryl methyl sites for hydroxylation is 1. The first-order valence-electron chi connectivity index (χ1n) is 5.96. The van der Waals surface area contributed by atoms with Crippen molar-refractivity contribution < 1.29 is 0 Å². The lowest BCUT2D eigenvalue weighted by atomic mass is 10.0. The molecule has 0 saturated carbocycles. The summed E-state index contributed by atoms with van der Waals surface area (Å²) in [7, 11) is 0. The van der Waals surface area contributed by atoms with Gasteiger partial charge >= 0.3 is 0 Å². The average Bonchev–Trinajstić information content (AvgIpc) is 2.80. The summed E-state index contributed by atoms with van der Waals surface area (Å²) in [5.74, 6) is 0. The quantitative estimate of drug-likeness (QED) is 0.710. The number of benzene rings is 1. The smallest absolute Gasteiger partial charge is 0.148 e. The van der Waals surface area contributed by atoms with Gasteiger partial charge in [0.2, 0.25) is 0 Å². The number of fused-ring (bicyclic) bond motifs is 1. The first-order valence-corrected chi connectivity index (χ1v) is 7.57. The molecule has 20 heavy (non-hydrogen) atoms. The maximum absolute atomic E-state index is 9.39. The van der Waals surface area contributed by atoms with E-state index < -0.39 is 0 Å². The summed E-state index contributed by atoms with van der Waals surface area (Å²) in [5.41, 5.74) is 2.41. The molecule has 0 saturated heterocycles. The summed E-state index contributed by atoms with van der Waals surface area (Å²) in [5, 5.41) is 17.6. The standard InChI is InChI=1S/C15H10BrN3S/c1-9-8-19-14(20-9)6-12(13(7-17)15(19)18)10-2-4-11(16)5-3-10/h2-6,8,18H,1H3. The highest BCUT2D eigenvalue weighted by atomic mass is 79.9. The first-order chi connectivity index (χ1) is 9.60. The zero-order valence-corrected chi connectivity index (χ0v) is 13.0. The normalized spacial score (nSPS) is 10.7. The Morgan fingerprint density at radius 3 is 2.65 bits per heavy atom. The summed E-state index contributed by atoms with van der Waals surface area (Å²) < 4.78 is 2.76. The van der Waals surface area contributed by atoms with E-state index in [1.165, 1.54) is 0 Å². The minimum Gasteiger partial charge on any atom is -0.291 e. The van der Waals surface area contributed by atoms with Crippen molar-refractivity contribution in [2.45, 2.75) is 6.92 Å². The van der Waals surface area contributed by atoms with Crippen LogP contribution in [0.3, 0.4) is 0 Å². The summed E-state index contributed by atoms with van der Waals surface area (Å²) in [6.45, 7) is 2.00. The van der Waals surface area contributed by atoms with Gasteiger partial charge in [-0.15, -0.1) is 11.3 Å². The zero-order chi connectivity index (χ0) is 14.3. The van der Waals surface area contributed by atoms with Crippen LogP contribution in [0.2, 0.25) is 0 Å². The lowest BCUT2D eigenvalue weighted by Crippen LogP contribution is -2.16. The van der Waals surface area contributed by atoms with Gasteiger partial charge in [-0.1, -0.05) is 28.1 Å². The van der Waals surface area contributed by atoms with E-state index in [2.05, 4.69) is 22.0 Å². The molecule has 3 nitrogen and oxygen atoms in total. The lowest BCUT2D eigenvalue weighted by molar-refractivity contribution is 1.01. The van der Waals surface area contributed by atoms with E-state index in [1.807, 2.05) is 43.5 Å². The highest BCUT2D eigenvalue weighted by Crippen LogP contribution is 2.27. The fourth-order valence-corrected chi connectivity index (χ4v) is 3.35. The van der Waals surface area contributed by atoms with E-state index in [-0.39, 0.29) is 5.49 Å². The van der Waals surface area contributed by atoms with Crippen molar-refractivity contribution in [1.29, 1.82) is 10.7 Å². The van der Waals surface area contributed by atoms with Crippen LogP contribution < -0.4 is 5.49 Å². The van der Waals surface area contributed by atoms with Crippen LogP contribution in [0.15, 0.2) is 41.0 Å². The highest BCUT2D eigenvalue weighted by Gasteiger charge is 2.11. The maximum atomic E-state index is 9.39. The number of thiazole rings is 1. The van der Waals surface area contributed by atoms with Gasteiger partial charge in [0, 0.05) is 21.1 Å². The number of halogens is 1. The van der Waals surface area contributed by atoms with Crippen molar-refractivity contribution in [2.24, 2.45) is 0 Å². The molecule has 0 aliphatic heterocycles. The maximum Gasteiger partial charge on any atom is 0.148 e. The fraction of sp³-hybridized carbons (Fsp3) is 0.0667. The Bertz CT molecular complexity index is 898. The molecule has 5 heteroatoms. The van der Waals surface area contributed by atoms with Gasteiger partial charge < -0.3 is 0 Å². The molecule has 0 aliphatic rings. The average molecular weight is 344 g/mol. The second-order valence-electron chi connectivity index (χ2n) is 4.45. The molecule has 2 aromatic heterocycles. The second kappa shape index (κ2) is 4.89. The number of aromatic nitrogens is 1. The predicted molar refractivity (Wildman–Crippen MR) is 83.7 cm³/mol. The molecule has 3 rings (SSSR count). The van der Waals surface area contributed by atoms with Gasteiger partial charge in [-0.2, -0.15) is 5.26 Å². The highest BCUT2D eigenvalue weighted by molar-refractivity contribution is 9.10. The number of nitrogens with one attached hydrogen (secondary N) is 1. The van der Waals surface area contributed by atoms with Gasteiger partial charge in [0.1, 0.15) is 22.0 Å². The summed E-state index contributed by atoms with van der Waals surface area (Å²) in [4.78, 5) is 2.10. The van der Waals surface area contributed by atoms with E-state index in [0.29, 0.717) is 5.56 Å².